The lowest BCUT2D eigenvalue weighted by atomic mass is 10.0. The number of nitrogens with zero attached hydrogens (tertiary/aromatic N) is 2. The van der Waals surface area contributed by atoms with Crippen LogP contribution in [0.5, 0.6) is 0 Å². The van der Waals surface area contributed by atoms with Gasteiger partial charge in [0.25, 0.3) is 0 Å². The number of benzene rings is 2. The quantitative estimate of drug-likeness (QED) is 0.507. The van der Waals surface area contributed by atoms with Crippen LogP contribution in [0.3, 0.4) is 0 Å². The molecule has 1 unspecified atom stereocenters. The number of aliphatic hydroxyl groups is 1. The molecular weight excluding hydrogens is 456 g/mol. The van der Waals surface area contributed by atoms with Crippen LogP contribution in [0.2, 0.25) is 0 Å². The molecule has 1 aliphatic rings. The molecule has 1 fully saturated rings. The molecular formula is C25H28N2O6S. The Bertz CT molecular complexity index is 1290. The average Bonchev–Trinajstić information content (AvgIpc) is 3.43. The second-order valence-electron chi connectivity index (χ2n) is 8.57. The molecule has 0 radical (unpaired) electrons. The Morgan fingerprint density at radius 3 is 2.59 bits per heavy atom. The Kier molecular flexibility index (Phi) is 6.88. The van der Waals surface area contributed by atoms with Gasteiger partial charge in [0.15, 0.2) is 22.2 Å². The number of oxazole rings is 1. The van der Waals surface area contributed by atoms with E-state index in [2.05, 4.69) is 9.88 Å². The summed E-state index contributed by atoms with van der Waals surface area (Å²) in [5.74, 6) is 0.195. The van der Waals surface area contributed by atoms with Gasteiger partial charge in [-0.15, -0.1) is 0 Å². The van der Waals surface area contributed by atoms with E-state index in [0.29, 0.717) is 42.1 Å². The summed E-state index contributed by atoms with van der Waals surface area (Å²) in [6, 6.07) is 14.2. The molecule has 0 spiro atoms. The highest BCUT2D eigenvalue weighted by Crippen LogP contribution is 2.35. The fourth-order valence-corrected chi connectivity index (χ4v) is 5.12. The molecule has 1 aliphatic heterocycles. The number of hydrogen-bond acceptors (Lipinski definition) is 8. The van der Waals surface area contributed by atoms with Crippen molar-refractivity contribution >= 4 is 15.8 Å². The minimum atomic E-state index is -3.55. The van der Waals surface area contributed by atoms with Crippen LogP contribution >= 0.6 is 0 Å². The van der Waals surface area contributed by atoms with E-state index in [9.17, 15) is 18.3 Å². The van der Waals surface area contributed by atoms with Gasteiger partial charge in [0.1, 0.15) is 5.69 Å². The van der Waals surface area contributed by atoms with Gasteiger partial charge in [-0.2, -0.15) is 0 Å². The van der Waals surface area contributed by atoms with Crippen LogP contribution in [0, 0.1) is 0 Å². The SMILES string of the molecule is CC(=O)OCc1oc(-c2ccc(-c3ccccc3)c(S(C)(=O)=O)c2)nc1C(C)N1CC[C@H](O)C1. The van der Waals surface area contributed by atoms with Crippen LogP contribution in [-0.4, -0.2) is 54.8 Å². The number of sulfone groups is 1. The minimum absolute atomic E-state index is 0.0839. The maximum absolute atomic E-state index is 12.6. The number of esters is 1. The molecule has 180 valence electrons. The number of carbonyl (C=O) groups is 1. The largest absolute Gasteiger partial charge is 0.458 e. The molecule has 34 heavy (non-hydrogen) atoms. The third-order valence-corrected chi connectivity index (χ3v) is 7.12. The molecule has 3 aromatic rings. The van der Waals surface area contributed by atoms with Gasteiger partial charge < -0.3 is 14.3 Å². The lowest BCUT2D eigenvalue weighted by Gasteiger charge is -2.22. The number of likely N-dealkylation sites (tertiary alicyclic amines) is 1. The predicted octanol–water partition coefficient (Wildman–Crippen LogP) is 3.60. The standard InChI is InChI=1S/C25H28N2O6S/c1-16(27-12-11-20(29)14-27)24-22(15-32-17(2)28)33-25(26-24)19-9-10-21(18-7-5-4-6-8-18)23(13-19)34(3,30)31/h4-10,13,16,20,29H,11-12,14-15H2,1-3H3/t16?,20-/m0/s1. The lowest BCUT2D eigenvalue weighted by molar-refractivity contribution is -0.142. The lowest BCUT2D eigenvalue weighted by Crippen LogP contribution is -2.26. The number of ether oxygens (including phenoxy) is 1. The van der Waals surface area contributed by atoms with E-state index < -0.39 is 21.9 Å². The van der Waals surface area contributed by atoms with E-state index in [1.165, 1.54) is 13.2 Å². The fraction of sp³-hybridized carbons (Fsp3) is 0.360. The molecule has 2 aromatic carbocycles. The van der Waals surface area contributed by atoms with Crippen LogP contribution in [0.15, 0.2) is 57.8 Å². The monoisotopic (exact) mass is 484 g/mol. The molecule has 0 bridgehead atoms. The van der Waals surface area contributed by atoms with Gasteiger partial charge in [-0.05, 0) is 31.0 Å². The van der Waals surface area contributed by atoms with E-state index in [4.69, 9.17) is 9.15 Å². The van der Waals surface area contributed by atoms with Gasteiger partial charge in [0.2, 0.25) is 5.89 Å². The molecule has 1 saturated heterocycles. The Hall–Kier alpha value is -3.01. The summed E-state index contributed by atoms with van der Waals surface area (Å²) < 4.78 is 36.4. The van der Waals surface area contributed by atoms with Gasteiger partial charge in [0, 0.05) is 37.4 Å². The molecule has 1 aromatic heterocycles. The van der Waals surface area contributed by atoms with Crippen molar-refractivity contribution in [2.45, 2.75) is 43.9 Å². The third kappa shape index (κ3) is 5.22. The van der Waals surface area contributed by atoms with Crippen molar-refractivity contribution in [2.75, 3.05) is 19.3 Å². The van der Waals surface area contributed by atoms with Crippen molar-refractivity contribution in [3.63, 3.8) is 0 Å². The smallest absolute Gasteiger partial charge is 0.303 e. The number of aliphatic hydroxyl groups excluding tert-OH is 1. The van der Waals surface area contributed by atoms with Gasteiger partial charge in [-0.1, -0.05) is 36.4 Å². The van der Waals surface area contributed by atoms with E-state index in [1.807, 2.05) is 37.3 Å². The number of β-amino-alcohol motifs (C(OH)–C–C–N with tert-alkyl or cyclic N) is 1. The van der Waals surface area contributed by atoms with E-state index in [0.717, 1.165) is 5.56 Å². The highest BCUT2D eigenvalue weighted by Gasteiger charge is 2.30. The van der Waals surface area contributed by atoms with E-state index in [1.54, 1.807) is 18.2 Å². The molecule has 2 heterocycles. The zero-order valence-corrected chi connectivity index (χ0v) is 20.2. The van der Waals surface area contributed by atoms with Gasteiger partial charge in [-0.25, -0.2) is 13.4 Å². The van der Waals surface area contributed by atoms with Crippen molar-refractivity contribution < 1.29 is 27.5 Å². The summed E-state index contributed by atoms with van der Waals surface area (Å²) in [5, 5.41) is 9.94. The first kappa shape index (κ1) is 24.1. The van der Waals surface area contributed by atoms with Crippen molar-refractivity contribution in [3.8, 4) is 22.6 Å². The number of aromatic nitrogens is 1. The van der Waals surface area contributed by atoms with Crippen molar-refractivity contribution in [3.05, 3.63) is 60.0 Å². The summed E-state index contributed by atoms with van der Waals surface area (Å²) in [6.07, 6.45) is 1.45. The summed E-state index contributed by atoms with van der Waals surface area (Å²) in [4.78, 5) is 18.3. The summed E-state index contributed by atoms with van der Waals surface area (Å²) in [7, 11) is -3.55. The Morgan fingerprint density at radius 1 is 1.24 bits per heavy atom. The summed E-state index contributed by atoms with van der Waals surface area (Å²) in [6.45, 7) is 4.41. The Labute approximate surface area is 199 Å². The minimum Gasteiger partial charge on any atom is -0.458 e. The first-order valence-electron chi connectivity index (χ1n) is 11.1. The fourth-order valence-electron chi connectivity index (χ4n) is 4.20. The maximum Gasteiger partial charge on any atom is 0.303 e. The van der Waals surface area contributed by atoms with Crippen molar-refractivity contribution in [2.24, 2.45) is 0 Å². The second kappa shape index (κ2) is 9.69. The molecule has 4 rings (SSSR count). The van der Waals surface area contributed by atoms with Crippen LogP contribution in [0.25, 0.3) is 22.6 Å². The van der Waals surface area contributed by atoms with E-state index >= 15 is 0 Å². The Balaban J connectivity index is 1.77. The second-order valence-corrected chi connectivity index (χ2v) is 10.6. The highest BCUT2D eigenvalue weighted by atomic mass is 32.2. The third-order valence-electron chi connectivity index (χ3n) is 5.99. The molecule has 2 atom stereocenters. The Morgan fingerprint density at radius 2 is 1.97 bits per heavy atom. The van der Waals surface area contributed by atoms with Gasteiger partial charge in [-0.3, -0.25) is 9.69 Å². The van der Waals surface area contributed by atoms with Gasteiger partial charge in [0.05, 0.1) is 17.0 Å². The summed E-state index contributed by atoms with van der Waals surface area (Å²) in [5.41, 5.74) is 2.49. The van der Waals surface area contributed by atoms with Crippen LogP contribution < -0.4 is 0 Å². The first-order valence-corrected chi connectivity index (χ1v) is 13.0. The molecule has 0 amide bonds. The predicted molar refractivity (Wildman–Crippen MR) is 127 cm³/mol. The van der Waals surface area contributed by atoms with Crippen molar-refractivity contribution in [1.29, 1.82) is 0 Å². The molecule has 8 nitrogen and oxygen atoms in total. The molecule has 9 heteroatoms. The topological polar surface area (TPSA) is 110 Å². The number of carbonyl (C=O) groups excluding carboxylic acids is 1. The van der Waals surface area contributed by atoms with Crippen LogP contribution in [-0.2, 0) is 26.0 Å². The van der Waals surface area contributed by atoms with Crippen LogP contribution in [0.4, 0.5) is 0 Å². The zero-order chi connectivity index (χ0) is 24.5. The van der Waals surface area contributed by atoms with Crippen molar-refractivity contribution in [1.82, 2.24) is 9.88 Å². The van der Waals surface area contributed by atoms with E-state index in [-0.39, 0.29) is 23.4 Å². The summed E-state index contributed by atoms with van der Waals surface area (Å²) >= 11 is 0. The number of hydrogen-bond donors (Lipinski definition) is 1. The normalized spacial score (nSPS) is 17.6. The zero-order valence-electron chi connectivity index (χ0n) is 19.4. The molecule has 0 saturated carbocycles. The highest BCUT2D eigenvalue weighted by molar-refractivity contribution is 7.90. The first-order chi connectivity index (χ1) is 16.1. The average molecular weight is 485 g/mol. The van der Waals surface area contributed by atoms with Crippen LogP contribution in [0.1, 0.15) is 37.8 Å². The maximum atomic E-state index is 12.6. The van der Waals surface area contributed by atoms with Gasteiger partial charge >= 0.3 is 5.97 Å². The number of rotatable bonds is 7. The molecule has 1 N–H and O–H groups in total. The molecule has 0 aliphatic carbocycles.